The highest BCUT2D eigenvalue weighted by Crippen LogP contribution is 2.44. The summed E-state index contributed by atoms with van der Waals surface area (Å²) >= 11 is 0. The van der Waals surface area contributed by atoms with E-state index in [0.29, 0.717) is 24.6 Å². The number of carbonyl (C=O) groups is 2. The smallest absolute Gasteiger partial charge is 0.409 e. The first-order chi connectivity index (χ1) is 15.5. The third-order valence-electron chi connectivity index (χ3n) is 6.51. The molecular weight excluding hydrogens is 406 g/mol. The van der Waals surface area contributed by atoms with Crippen molar-refractivity contribution < 1.29 is 19.4 Å². The van der Waals surface area contributed by atoms with E-state index in [9.17, 15) is 14.7 Å². The van der Waals surface area contributed by atoms with Crippen LogP contribution in [0, 0.1) is 6.92 Å². The van der Waals surface area contributed by atoms with Gasteiger partial charge in [-0.05, 0) is 42.0 Å². The number of aromatic nitrogens is 2. The molecule has 1 saturated heterocycles. The van der Waals surface area contributed by atoms with Crippen LogP contribution < -0.4 is 0 Å². The molecule has 1 unspecified atom stereocenters. The quantitative estimate of drug-likeness (QED) is 0.632. The third kappa shape index (κ3) is 3.53. The summed E-state index contributed by atoms with van der Waals surface area (Å²) in [7, 11) is 0. The van der Waals surface area contributed by atoms with Gasteiger partial charge in [0.1, 0.15) is 12.4 Å². The minimum Gasteiger partial charge on any atom is -0.476 e. The molecule has 1 aliphatic carbocycles. The molecule has 1 amide bonds. The number of aryl methyl sites for hydroxylation is 1. The molecule has 2 heterocycles. The fourth-order valence-electron chi connectivity index (χ4n) is 4.94. The van der Waals surface area contributed by atoms with Crippen molar-refractivity contribution in [1.82, 2.24) is 14.9 Å². The highest BCUT2D eigenvalue weighted by Gasteiger charge is 2.32. The maximum absolute atomic E-state index is 12.9. The molecule has 164 valence electrons. The Hall–Kier alpha value is -3.61. The van der Waals surface area contributed by atoms with Gasteiger partial charge in [-0.3, -0.25) is 0 Å². The average molecular weight is 431 g/mol. The lowest BCUT2D eigenvalue weighted by molar-refractivity contribution is 0.0689. The molecule has 7 heteroatoms. The van der Waals surface area contributed by atoms with Crippen LogP contribution in [-0.4, -0.2) is 51.7 Å². The predicted molar refractivity (Wildman–Crippen MR) is 119 cm³/mol. The van der Waals surface area contributed by atoms with Gasteiger partial charge in [0.05, 0.1) is 0 Å². The Labute approximate surface area is 186 Å². The fourth-order valence-corrected chi connectivity index (χ4v) is 4.94. The number of carboxylic acid groups (broad SMARTS) is 1. The first-order valence-corrected chi connectivity index (χ1v) is 10.9. The van der Waals surface area contributed by atoms with Crippen LogP contribution >= 0.6 is 0 Å². The molecule has 1 aliphatic heterocycles. The lowest BCUT2D eigenvalue weighted by Crippen LogP contribution is -2.40. The Balaban J connectivity index is 1.28. The number of hydrogen-bond donors (Lipinski definition) is 2. The van der Waals surface area contributed by atoms with Gasteiger partial charge < -0.3 is 19.7 Å². The number of H-pyrrole nitrogens is 1. The fraction of sp³-hybridized carbons (Fsp3) is 0.320. The number of nitrogens with zero attached hydrogens (tertiary/aromatic N) is 2. The molecule has 1 atom stereocenters. The molecule has 0 saturated carbocycles. The van der Waals surface area contributed by atoms with Gasteiger partial charge in [0, 0.05) is 30.6 Å². The Bertz CT molecular complexity index is 1140. The van der Waals surface area contributed by atoms with Crippen LogP contribution in [0.5, 0.6) is 0 Å². The summed E-state index contributed by atoms with van der Waals surface area (Å²) in [5, 5.41) is 9.26. The number of rotatable bonds is 4. The van der Waals surface area contributed by atoms with Gasteiger partial charge in [-0.1, -0.05) is 48.5 Å². The number of carbonyl (C=O) groups excluding carboxylic acids is 1. The van der Waals surface area contributed by atoms with Crippen LogP contribution in [0.25, 0.3) is 11.1 Å². The van der Waals surface area contributed by atoms with E-state index in [0.717, 1.165) is 12.8 Å². The van der Waals surface area contributed by atoms with E-state index >= 15 is 0 Å². The zero-order valence-corrected chi connectivity index (χ0v) is 17.9. The summed E-state index contributed by atoms with van der Waals surface area (Å²) in [4.78, 5) is 33.3. The number of ether oxygens (including phenoxy) is 1. The van der Waals surface area contributed by atoms with Gasteiger partial charge in [0.15, 0.2) is 5.69 Å². The molecule has 5 rings (SSSR count). The van der Waals surface area contributed by atoms with Crippen LogP contribution in [0.3, 0.4) is 0 Å². The van der Waals surface area contributed by atoms with E-state index in [1.165, 1.54) is 22.3 Å². The van der Waals surface area contributed by atoms with Crippen LogP contribution in [-0.2, 0) is 4.74 Å². The van der Waals surface area contributed by atoms with Crippen molar-refractivity contribution in [3.05, 3.63) is 76.9 Å². The topological polar surface area (TPSA) is 95.5 Å². The lowest BCUT2D eigenvalue weighted by atomic mass is 9.97. The second-order valence-corrected chi connectivity index (χ2v) is 8.49. The number of aromatic amines is 1. The molecule has 7 nitrogen and oxygen atoms in total. The van der Waals surface area contributed by atoms with Crippen molar-refractivity contribution in [2.45, 2.75) is 31.6 Å². The second-order valence-electron chi connectivity index (χ2n) is 8.49. The van der Waals surface area contributed by atoms with E-state index in [1.807, 2.05) is 24.3 Å². The van der Waals surface area contributed by atoms with E-state index < -0.39 is 5.97 Å². The Kier molecular flexibility index (Phi) is 5.17. The molecular formula is C25H25N3O4. The zero-order chi connectivity index (χ0) is 22.2. The number of fused-ring (bicyclic) bond motifs is 3. The average Bonchev–Trinajstić information content (AvgIpc) is 3.36. The minimum atomic E-state index is -1.05. The Morgan fingerprint density at radius 1 is 1.12 bits per heavy atom. The van der Waals surface area contributed by atoms with Crippen molar-refractivity contribution in [2.24, 2.45) is 0 Å². The van der Waals surface area contributed by atoms with E-state index in [2.05, 4.69) is 34.2 Å². The molecule has 0 radical (unpaired) electrons. The van der Waals surface area contributed by atoms with Crippen molar-refractivity contribution >= 4 is 12.1 Å². The maximum atomic E-state index is 12.9. The Morgan fingerprint density at radius 3 is 2.41 bits per heavy atom. The molecule has 2 aromatic carbocycles. The van der Waals surface area contributed by atoms with Gasteiger partial charge in [-0.2, -0.15) is 0 Å². The number of piperidine rings is 1. The molecule has 0 bridgehead atoms. The number of nitrogens with one attached hydrogen (secondary N) is 1. The Morgan fingerprint density at radius 2 is 1.78 bits per heavy atom. The van der Waals surface area contributed by atoms with Gasteiger partial charge in [0.2, 0.25) is 0 Å². The SMILES string of the molecule is Cc1[nH]c(C2CCCN(C(=O)OCC3c4ccccc4-c4ccccc43)C2)nc1C(=O)O. The van der Waals surface area contributed by atoms with Crippen LogP contribution in [0.1, 0.15) is 57.8 Å². The summed E-state index contributed by atoms with van der Waals surface area (Å²) in [5.74, 6) is -0.431. The second kappa shape index (κ2) is 8.15. The number of imidazole rings is 1. The van der Waals surface area contributed by atoms with Crippen LogP contribution in [0.2, 0.25) is 0 Å². The third-order valence-corrected chi connectivity index (χ3v) is 6.51. The summed E-state index contributed by atoms with van der Waals surface area (Å²) in [6.07, 6.45) is 1.33. The standard InChI is InChI=1S/C25H25N3O4/c1-15-22(24(29)30)27-23(26-15)16-7-6-12-28(13-16)25(31)32-14-21-19-10-4-2-8-17(19)18-9-3-5-11-20(18)21/h2-5,8-11,16,21H,6-7,12-14H2,1H3,(H,26,27)(H,29,30). The lowest BCUT2D eigenvalue weighted by Gasteiger charge is -2.31. The van der Waals surface area contributed by atoms with Gasteiger partial charge >= 0.3 is 12.1 Å². The van der Waals surface area contributed by atoms with E-state index in [-0.39, 0.29) is 30.2 Å². The van der Waals surface area contributed by atoms with Gasteiger partial charge in [-0.25, -0.2) is 14.6 Å². The number of amides is 1. The minimum absolute atomic E-state index is 0.0257. The normalized spacial score (nSPS) is 17.7. The highest BCUT2D eigenvalue weighted by molar-refractivity contribution is 5.86. The number of benzene rings is 2. The van der Waals surface area contributed by atoms with Crippen molar-refractivity contribution in [1.29, 1.82) is 0 Å². The number of carboxylic acids is 1. The molecule has 3 aromatic rings. The molecule has 2 N–H and O–H groups in total. The van der Waals surface area contributed by atoms with Crippen LogP contribution in [0.15, 0.2) is 48.5 Å². The predicted octanol–water partition coefficient (Wildman–Crippen LogP) is 4.54. The molecule has 32 heavy (non-hydrogen) atoms. The summed E-state index contributed by atoms with van der Waals surface area (Å²) in [6.45, 7) is 3.07. The number of aromatic carboxylic acids is 1. The first-order valence-electron chi connectivity index (χ1n) is 10.9. The zero-order valence-electron chi connectivity index (χ0n) is 17.9. The molecule has 1 aromatic heterocycles. The van der Waals surface area contributed by atoms with E-state index in [4.69, 9.17) is 4.74 Å². The van der Waals surface area contributed by atoms with Crippen molar-refractivity contribution in [3.63, 3.8) is 0 Å². The van der Waals surface area contributed by atoms with Gasteiger partial charge in [0.25, 0.3) is 0 Å². The summed E-state index contributed by atoms with van der Waals surface area (Å²) in [5.41, 5.74) is 5.34. The molecule has 1 fully saturated rings. The highest BCUT2D eigenvalue weighted by atomic mass is 16.6. The largest absolute Gasteiger partial charge is 0.476 e. The number of likely N-dealkylation sites (tertiary alicyclic amines) is 1. The maximum Gasteiger partial charge on any atom is 0.409 e. The van der Waals surface area contributed by atoms with Crippen molar-refractivity contribution in [3.8, 4) is 11.1 Å². The first kappa shape index (κ1) is 20.3. The number of hydrogen-bond acceptors (Lipinski definition) is 4. The summed E-state index contributed by atoms with van der Waals surface area (Å²) in [6, 6.07) is 16.5. The monoisotopic (exact) mass is 431 g/mol. The molecule has 2 aliphatic rings. The van der Waals surface area contributed by atoms with E-state index in [1.54, 1.807) is 11.8 Å². The van der Waals surface area contributed by atoms with Crippen molar-refractivity contribution in [2.75, 3.05) is 19.7 Å². The summed E-state index contributed by atoms with van der Waals surface area (Å²) < 4.78 is 5.79. The molecule has 0 spiro atoms. The van der Waals surface area contributed by atoms with Crippen LogP contribution in [0.4, 0.5) is 4.79 Å². The van der Waals surface area contributed by atoms with Gasteiger partial charge in [-0.15, -0.1) is 0 Å².